The third kappa shape index (κ3) is 3.66. The van der Waals surface area contributed by atoms with Gasteiger partial charge in [-0.3, -0.25) is 0 Å². The van der Waals surface area contributed by atoms with Gasteiger partial charge in [0.2, 0.25) is 0 Å². The van der Waals surface area contributed by atoms with Crippen LogP contribution in [0.1, 0.15) is 36.7 Å². The van der Waals surface area contributed by atoms with E-state index < -0.39 is 12.1 Å². The number of carboxylic acid groups (broad SMARTS) is 1. The summed E-state index contributed by atoms with van der Waals surface area (Å²) in [5.41, 5.74) is 3.84. The van der Waals surface area contributed by atoms with Crippen molar-refractivity contribution in [2.75, 3.05) is 19.6 Å². The van der Waals surface area contributed by atoms with Crippen LogP contribution in [0.15, 0.2) is 28.8 Å². The maximum Gasteiger partial charge on any atom is 0.490 e. The Bertz CT molecular complexity index is 1150. The Labute approximate surface area is 181 Å². The molecule has 3 aromatic rings. The minimum absolute atomic E-state index is 0.446. The quantitative estimate of drug-likeness (QED) is 0.636. The second-order valence-electron chi connectivity index (χ2n) is 8.60. The van der Waals surface area contributed by atoms with E-state index in [-0.39, 0.29) is 0 Å². The number of aryl methyl sites for hydroxylation is 1. The van der Waals surface area contributed by atoms with Crippen LogP contribution in [0.4, 0.5) is 13.2 Å². The van der Waals surface area contributed by atoms with Crippen LogP contribution in [-0.2, 0) is 17.8 Å². The van der Waals surface area contributed by atoms with Gasteiger partial charge in [0.15, 0.2) is 5.82 Å². The summed E-state index contributed by atoms with van der Waals surface area (Å²) in [6, 6.07) is 8.61. The van der Waals surface area contributed by atoms with Gasteiger partial charge >= 0.3 is 12.1 Å². The molecule has 32 heavy (non-hydrogen) atoms. The standard InChI is InChI=1S/C20H22N4O.C2HF3O2/c1-2-5-16-14(4-1)18(17-6-3-9-24(16)17)20-21-19(22-25-20)15-12-23-10-7-13(15)8-11-23;3-2(4,5)1(6)7/h1-2,4-5,13,15H,3,6-12H2;(H,6,7). The van der Waals surface area contributed by atoms with Gasteiger partial charge in [-0.25, -0.2) is 4.79 Å². The molecule has 7 nitrogen and oxygen atoms in total. The third-order valence-corrected chi connectivity index (χ3v) is 6.76. The van der Waals surface area contributed by atoms with Crippen LogP contribution in [0.5, 0.6) is 0 Å². The van der Waals surface area contributed by atoms with Crippen LogP contribution in [0, 0.1) is 5.92 Å². The summed E-state index contributed by atoms with van der Waals surface area (Å²) >= 11 is 0. The minimum Gasteiger partial charge on any atom is -0.475 e. The van der Waals surface area contributed by atoms with Gasteiger partial charge in [0, 0.05) is 35.6 Å². The van der Waals surface area contributed by atoms with E-state index in [9.17, 15) is 13.2 Å². The van der Waals surface area contributed by atoms with Gasteiger partial charge < -0.3 is 19.1 Å². The van der Waals surface area contributed by atoms with Crippen LogP contribution < -0.4 is 0 Å². The Morgan fingerprint density at radius 1 is 1.16 bits per heavy atom. The van der Waals surface area contributed by atoms with Gasteiger partial charge in [0.1, 0.15) is 0 Å². The second-order valence-corrected chi connectivity index (χ2v) is 8.60. The molecule has 2 bridgehead atoms. The lowest BCUT2D eigenvalue weighted by Gasteiger charge is -2.43. The van der Waals surface area contributed by atoms with E-state index in [1.165, 1.54) is 54.5 Å². The number of fused-ring (bicyclic) bond motifs is 6. The molecule has 2 aromatic heterocycles. The number of halogens is 3. The molecule has 1 N–H and O–H groups in total. The van der Waals surface area contributed by atoms with E-state index in [4.69, 9.17) is 19.4 Å². The van der Waals surface area contributed by atoms with Gasteiger partial charge in [0.25, 0.3) is 5.89 Å². The van der Waals surface area contributed by atoms with Crippen LogP contribution in [-0.4, -0.2) is 56.5 Å². The van der Waals surface area contributed by atoms with Crippen LogP contribution in [0.2, 0.25) is 0 Å². The molecule has 3 saturated heterocycles. The largest absolute Gasteiger partial charge is 0.490 e. The number of carboxylic acids is 1. The molecule has 0 aliphatic carbocycles. The van der Waals surface area contributed by atoms with E-state index >= 15 is 0 Å². The van der Waals surface area contributed by atoms with Crippen molar-refractivity contribution in [1.29, 1.82) is 0 Å². The lowest BCUT2D eigenvalue weighted by atomic mass is 9.79. The molecular formula is C22H23F3N4O3. The third-order valence-electron chi connectivity index (χ3n) is 6.76. The summed E-state index contributed by atoms with van der Waals surface area (Å²) in [7, 11) is 0. The molecule has 0 amide bonds. The number of para-hydroxylation sites is 1. The fourth-order valence-corrected chi connectivity index (χ4v) is 5.26. The van der Waals surface area contributed by atoms with Gasteiger partial charge in [-0.1, -0.05) is 23.4 Å². The van der Waals surface area contributed by atoms with E-state index in [2.05, 4.69) is 38.9 Å². The maximum atomic E-state index is 10.6. The first kappa shape index (κ1) is 21.0. The monoisotopic (exact) mass is 448 g/mol. The molecule has 0 saturated carbocycles. The van der Waals surface area contributed by atoms with Crippen LogP contribution >= 0.6 is 0 Å². The predicted molar refractivity (Wildman–Crippen MR) is 109 cm³/mol. The number of hydrogen-bond acceptors (Lipinski definition) is 5. The van der Waals surface area contributed by atoms with Gasteiger partial charge in [-0.05, 0) is 50.8 Å². The number of aliphatic carboxylic acids is 1. The zero-order valence-corrected chi connectivity index (χ0v) is 17.3. The Hall–Kier alpha value is -2.88. The van der Waals surface area contributed by atoms with Crippen molar-refractivity contribution in [2.45, 2.75) is 44.3 Å². The fraction of sp³-hybridized carbons (Fsp3) is 0.500. The number of rotatable bonds is 2. The smallest absolute Gasteiger partial charge is 0.475 e. The molecular weight excluding hydrogens is 425 g/mol. The minimum atomic E-state index is -5.08. The number of hydrogen-bond donors (Lipinski definition) is 1. The first-order valence-electron chi connectivity index (χ1n) is 10.8. The van der Waals surface area contributed by atoms with Crippen molar-refractivity contribution in [3.63, 3.8) is 0 Å². The van der Waals surface area contributed by atoms with Crippen molar-refractivity contribution in [2.24, 2.45) is 5.92 Å². The first-order valence-corrected chi connectivity index (χ1v) is 10.8. The number of aromatic nitrogens is 3. The number of piperidine rings is 3. The normalized spacial score (nSPS) is 24.3. The Morgan fingerprint density at radius 3 is 2.53 bits per heavy atom. The number of carbonyl (C=O) groups is 1. The predicted octanol–water partition coefficient (Wildman–Crippen LogP) is 4.08. The van der Waals surface area contributed by atoms with Gasteiger partial charge in [0.05, 0.1) is 5.56 Å². The highest BCUT2D eigenvalue weighted by molar-refractivity contribution is 5.96. The highest BCUT2D eigenvalue weighted by Crippen LogP contribution is 2.41. The van der Waals surface area contributed by atoms with E-state index in [1.807, 2.05) is 0 Å². The fourth-order valence-electron chi connectivity index (χ4n) is 5.26. The summed E-state index contributed by atoms with van der Waals surface area (Å²) < 4.78 is 40.0. The summed E-state index contributed by atoms with van der Waals surface area (Å²) in [5, 5.41) is 12.8. The Balaban J connectivity index is 0.000000272. The number of benzene rings is 1. The number of nitrogens with zero attached hydrogens (tertiary/aromatic N) is 4. The average molecular weight is 448 g/mol. The molecule has 1 unspecified atom stereocenters. The molecule has 1 aromatic carbocycles. The topological polar surface area (TPSA) is 84.4 Å². The lowest BCUT2D eigenvalue weighted by Crippen LogP contribution is -2.46. The average Bonchev–Trinajstić information content (AvgIpc) is 3.50. The van der Waals surface area contributed by atoms with Crippen molar-refractivity contribution in [3.8, 4) is 11.5 Å². The van der Waals surface area contributed by atoms with Crippen molar-refractivity contribution >= 4 is 16.9 Å². The SMILES string of the molecule is O=C(O)C(F)(F)F.c1ccc2c(c1)c(-c1nc(C3CN4CCC3CC4)no1)c1n2CCC1. The highest BCUT2D eigenvalue weighted by Gasteiger charge is 2.39. The highest BCUT2D eigenvalue weighted by atomic mass is 19.4. The summed E-state index contributed by atoms with van der Waals surface area (Å²) in [6.45, 7) is 4.67. The van der Waals surface area contributed by atoms with Crippen molar-refractivity contribution in [1.82, 2.24) is 19.6 Å². The first-order chi connectivity index (χ1) is 15.3. The molecule has 4 aliphatic rings. The van der Waals surface area contributed by atoms with Gasteiger partial charge in [-0.15, -0.1) is 0 Å². The maximum absolute atomic E-state index is 10.6. The summed E-state index contributed by atoms with van der Waals surface area (Å²) in [6.07, 6.45) is -0.229. The van der Waals surface area contributed by atoms with Crippen LogP contribution in [0.25, 0.3) is 22.4 Å². The van der Waals surface area contributed by atoms with Crippen molar-refractivity contribution < 1.29 is 27.6 Å². The molecule has 0 radical (unpaired) electrons. The lowest BCUT2D eigenvalue weighted by molar-refractivity contribution is -0.192. The summed E-state index contributed by atoms with van der Waals surface area (Å²) in [5.74, 6) is 0.0612. The second kappa shape index (κ2) is 7.91. The Morgan fingerprint density at radius 2 is 1.88 bits per heavy atom. The molecule has 7 rings (SSSR count). The molecule has 3 fully saturated rings. The molecule has 0 spiro atoms. The molecule has 10 heteroatoms. The summed E-state index contributed by atoms with van der Waals surface area (Å²) in [4.78, 5) is 16.3. The molecule has 1 atom stereocenters. The van der Waals surface area contributed by atoms with Crippen molar-refractivity contribution in [3.05, 3.63) is 35.8 Å². The van der Waals surface area contributed by atoms with E-state index in [0.29, 0.717) is 5.92 Å². The Kier molecular flexibility index (Phi) is 5.19. The molecule has 170 valence electrons. The van der Waals surface area contributed by atoms with Crippen LogP contribution in [0.3, 0.4) is 0 Å². The molecule has 4 aliphatic heterocycles. The molecule has 6 heterocycles. The van der Waals surface area contributed by atoms with E-state index in [1.54, 1.807) is 0 Å². The zero-order valence-electron chi connectivity index (χ0n) is 17.3. The van der Waals surface area contributed by atoms with Gasteiger partial charge in [-0.2, -0.15) is 18.2 Å². The number of alkyl halides is 3. The zero-order chi connectivity index (χ0) is 22.5. The van der Waals surface area contributed by atoms with E-state index in [0.717, 1.165) is 37.1 Å².